The van der Waals surface area contributed by atoms with Crippen molar-refractivity contribution in [2.24, 2.45) is 0 Å². The first-order chi connectivity index (χ1) is 6.53. The molecular formula is C6H12N4O3S. The van der Waals surface area contributed by atoms with E-state index in [0.717, 1.165) is 0 Å². The minimum absolute atomic E-state index is 0.0368. The maximum atomic E-state index is 11.0. The third-order valence-corrected chi connectivity index (χ3v) is 2.85. The van der Waals surface area contributed by atoms with E-state index in [1.807, 2.05) is 0 Å². The van der Waals surface area contributed by atoms with Gasteiger partial charge in [-0.3, -0.25) is 0 Å². The number of sulfonamides is 1. The zero-order valence-electron chi connectivity index (χ0n) is 7.94. The van der Waals surface area contributed by atoms with Crippen LogP contribution in [0.3, 0.4) is 0 Å². The van der Waals surface area contributed by atoms with Crippen LogP contribution in [0.25, 0.3) is 0 Å². The lowest BCUT2D eigenvalue weighted by atomic mass is 10.7. The zero-order chi connectivity index (χ0) is 10.6. The highest BCUT2D eigenvalue weighted by molar-refractivity contribution is 7.89. The van der Waals surface area contributed by atoms with Crippen molar-refractivity contribution in [2.45, 2.75) is 6.92 Å². The first-order valence-electron chi connectivity index (χ1n) is 3.99. The monoisotopic (exact) mass is 220 g/mol. The second-order valence-electron chi connectivity index (χ2n) is 2.60. The Morgan fingerprint density at radius 1 is 1.50 bits per heavy atom. The summed E-state index contributed by atoms with van der Waals surface area (Å²) in [7, 11) is -1.82. The van der Waals surface area contributed by atoms with Gasteiger partial charge in [-0.1, -0.05) is 5.16 Å². The van der Waals surface area contributed by atoms with Crippen LogP contribution in [-0.4, -0.2) is 37.9 Å². The summed E-state index contributed by atoms with van der Waals surface area (Å²) >= 11 is 0. The van der Waals surface area contributed by atoms with Gasteiger partial charge >= 0.3 is 6.01 Å². The molecule has 1 rings (SSSR count). The Morgan fingerprint density at radius 2 is 2.21 bits per heavy atom. The number of aryl methyl sites for hydroxylation is 1. The molecule has 0 aliphatic carbocycles. The van der Waals surface area contributed by atoms with Crippen molar-refractivity contribution < 1.29 is 12.9 Å². The quantitative estimate of drug-likeness (QED) is 0.683. The molecule has 0 aliphatic heterocycles. The first kappa shape index (κ1) is 10.9. The summed E-state index contributed by atoms with van der Waals surface area (Å²) in [5, 5.41) is 6.23. The molecule has 1 aromatic rings. The van der Waals surface area contributed by atoms with Crippen LogP contribution in [-0.2, 0) is 10.0 Å². The highest BCUT2D eigenvalue weighted by atomic mass is 32.2. The number of hydrogen-bond acceptors (Lipinski definition) is 6. The van der Waals surface area contributed by atoms with E-state index in [2.05, 4.69) is 20.2 Å². The van der Waals surface area contributed by atoms with Gasteiger partial charge < -0.3 is 9.84 Å². The molecule has 14 heavy (non-hydrogen) atoms. The van der Waals surface area contributed by atoms with Crippen LogP contribution < -0.4 is 10.0 Å². The zero-order valence-corrected chi connectivity index (χ0v) is 8.76. The third-order valence-electron chi connectivity index (χ3n) is 1.49. The lowest BCUT2D eigenvalue weighted by Gasteiger charge is -2.01. The van der Waals surface area contributed by atoms with Gasteiger partial charge in [0.1, 0.15) is 0 Å². The average molecular weight is 220 g/mol. The number of hydrogen-bond donors (Lipinski definition) is 2. The second-order valence-corrected chi connectivity index (χ2v) is 4.64. The summed E-state index contributed by atoms with van der Waals surface area (Å²) in [4.78, 5) is 3.85. The van der Waals surface area contributed by atoms with Crippen molar-refractivity contribution in [3.8, 4) is 0 Å². The van der Waals surface area contributed by atoms with E-state index in [-0.39, 0.29) is 18.3 Å². The van der Waals surface area contributed by atoms with E-state index in [4.69, 9.17) is 4.52 Å². The minimum Gasteiger partial charge on any atom is -0.337 e. The van der Waals surface area contributed by atoms with E-state index >= 15 is 0 Å². The van der Waals surface area contributed by atoms with Crippen LogP contribution in [0.15, 0.2) is 4.52 Å². The van der Waals surface area contributed by atoms with Crippen LogP contribution in [0.1, 0.15) is 5.82 Å². The molecule has 0 fully saturated rings. The third kappa shape index (κ3) is 3.30. The Kier molecular flexibility index (Phi) is 3.42. The number of aromatic nitrogens is 2. The summed E-state index contributed by atoms with van der Waals surface area (Å²) in [6.45, 7) is 1.91. The van der Waals surface area contributed by atoms with Gasteiger partial charge in [-0.05, 0) is 14.0 Å². The second kappa shape index (κ2) is 4.38. The number of anilines is 1. The Hall–Kier alpha value is -1.15. The molecule has 0 aromatic carbocycles. The maximum absolute atomic E-state index is 11.0. The van der Waals surface area contributed by atoms with Gasteiger partial charge in [-0.2, -0.15) is 4.98 Å². The Labute approximate surface area is 81.9 Å². The van der Waals surface area contributed by atoms with E-state index in [1.54, 1.807) is 6.92 Å². The van der Waals surface area contributed by atoms with Crippen molar-refractivity contribution in [3.63, 3.8) is 0 Å². The maximum Gasteiger partial charge on any atom is 0.321 e. The molecule has 0 spiro atoms. The topological polar surface area (TPSA) is 97.1 Å². The van der Waals surface area contributed by atoms with Gasteiger partial charge in [-0.15, -0.1) is 0 Å². The van der Waals surface area contributed by atoms with Crippen molar-refractivity contribution >= 4 is 16.0 Å². The predicted octanol–water partition coefficient (Wildman–Crippen LogP) is -0.661. The van der Waals surface area contributed by atoms with Gasteiger partial charge in [0.25, 0.3) is 0 Å². The highest BCUT2D eigenvalue weighted by Crippen LogP contribution is 2.00. The molecule has 0 unspecified atom stereocenters. The van der Waals surface area contributed by atoms with Gasteiger partial charge in [0.2, 0.25) is 10.0 Å². The summed E-state index contributed by atoms with van der Waals surface area (Å²) in [5.74, 6) is 0.467. The number of nitrogens with zero attached hydrogens (tertiary/aromatic N) is 2. The molecule has 80 valence electrons. The van der Waals surface area contributed by atoms with Gasteiger partial charge in [0.15, 0.2) is 5.82 Å². The Bertz CT molecular complexity index is 386. The molecule has 8 heteroatoms. The Balaban J connectivity index is 2.36. The SMILES string of the molecule is CNS(=O)(=O)CCNc1nc(C)no1. The van der Waals surface area contributed by atoms with Crippen LogP contribution in [0, 0.1) is 6.92 Å². The average Bonchev–Trinajstić information content (AvgIpc) is 2.51. The van der Waals surface area contributed by atoms with E-state index < -0.39 is 10.0 Å². The van der Waals surface area contributed by atoms with Gasteiger partial charge in [0.05, 0.1) is 5.75 Å². The fraction of sp³-hybridized carbons (Fsp3) is 0.667. The van der Waals surface area contributed by atoms with Gasteiger partial charge in [0, 0.05) is 6.54 Å². The number of nitrogens with one attached hydrogen (secondary N) is 2. The van der Waals surface area contributed by atoms with Crippen molar-refractivity contribution in [3.05, 3.63) is 5.82 Å². The molecule has 0 saturated carbocycles. The van der Waals surface area contributed by atoms with Gasteiger partial charge in [-0.25, -0.2) is 13.1 Å². The van der Waals surface area contributed by atoms with Crippen LogP contribution >= 0.6 is 0 Å². The number of rotatable bonds is 5. The molecule has 0 radical (unpaired) electrons. The molecule has 7 nitrogen and oxygen atoms in total. The summed E-state index contributed by atoms with van der Waals surface area (Å²) in [6.07, 6.45) is 0. The summed E-state index contributed by atoms with van der Waals surface area (Å²) in [5.41, 5.74) is 0. The molecule has 1 heterocycles. The van der Waals surface area contributed by atoms with Crippen molar-refractivity contribution in [2.75, 3.05) is 24.7 Å². The fourth-order valence-electron chi connectivity index (χ4n) is 0.763. The van der Waals surface area contributed by atoms with E-state index in [1.165, 1.54) is 7.05 Å². The Morgan fingerprint density at radius 3 is 2.71 bits per heavy atom. The molecule has 0 saturated heterocycles. The molecule has 0 amide bonds. The molecule has 0 atom stereocenters. The van der Waals surface area contributed by atoms with E-state index in [0.29, 0.717) is 5.82 Å². The standard InChI is InChI=1S/C6H12N4O3S/c1-5-9-6(13-10-5)8-3-4-14(11,12)7-2/h7H,3-4H2,1-2H3,(H,8,9,10). The normalized spacial score (nSPS) is 11.6. The van der Waals surface area contributed by atoms with Crippen LogP contribution in [0.4, 0.5) is 6.01 Å². The lowest BCUT2D eigenvalue weighted by Crippen LogP contribution is -2.26. The van der Waals surface area contributed by atoms with Crippen LogP contribution in [0.5, 0.6) is 0 Å². The lowest BCUT2D eigenvalue weighted by molar-refractivity contribution is 0.426. The van der Waals surface area contributed by atoms with Crippen LogP contribution in [0.2, 0.25) is 0 Å². The molecular weight excluding hydrogens is 208 g/mol. The van der Waals surface area contributed by atoms with Crippen molar-refractivity contribution in [1.29, 1.82) is 0 Å². The summed E-state index contributed by atoms with van der Waals surface area (Å²) in [6, 6.07) is 0.230. The van der Waals surface area contributed by atoms with Crippen molar-refractivity contribution in [1.82, 2.24) is 14.9 Å². The fourth-order valence-corrected chi connectivity index (χ4v) is 1.34. The highest BCUT2D eigenvalue weighted by Gasteiger charge is 2.07. The molecule has 0 bridgehead atoms. The minimum atomic E-state index is -3.19. The predicted molar refractivity (Wildman–Crippen MR) is 50.4 cm³/mol. The van der Waals surface area contributed by atoms with E-state index in [9.17, 15) is 8.42 Å². The molecule has 1 aromatic heterocycles. The first-order valence-corrected chi connectivity index (χ1v) is 5.64. The smallest absolute Gasteiger partial charge is 0.321 e. The molecule has 0 aliphatic rings. The summed E-state index contributed by atoms with van der Waals surface area (Å²) < 4.78 is 28.9. The molecule has 2 N–H and O–H groups in total. The largest absolute Gasteiger partial charge is 0.337 e.